The van der Waals surface area contributed by atoms with Crippen molar-refractivity contribution in [2.75, 3.05) is 13.1 Å². The lowest BCUT2D eigenvalue weighted by Crippen LogP contribution is -2.44. The molecule has 1 heterocycles. The molecule has 126 valence electrons. The van der Waals surface area contributed by atoms with E-state index in [1.165, 1.54) is 12.1 Å². The Morgan fingerprint density at radius 3 is 2.43 bits per heavy atom. The van der Waals surface area contributed by atoms with Gasteiger partial charge in [0.05, 0.1) is 12.1 Å². The first-order chi connectivity index (χ1) is 10.8. The standard InChI is InChI=1S/C15H18F3N3O2/c16-15(17,18)11-6-4-10(5-7-11)12-3-1-2-8-21(12)9-13(22)20-14(19)23/h4-7,12H,1-3,8-9H2,(H3,19,20,22,23). The molecule has 2 rings (SSSR count). The number of primary amides is 1. The summed E-state index contributed by atoms with van der Waals surface area (Å²) >= 11 is 0. The maximum atomic E-state index is 12.6. The number of amides is 3. The van der Waals surface area contributed by atoms with Gasteiger partial charge in [0.1, 0.15) is 0 Å². The molecule has 5 nitrogen and oxygen atoms in total. The second kappa shape index (κ2) is 6.99. The Balaban J connectivity index is 2.11. The lowest BCUT2D eigenvalue weighted by Gasteiger charge is -2.35. The average Bonchev–Trinajstić information content (AvgIpc) is 2.46. The van der Waals surface area contributed by atoms with Crippen LogP contribution in [0.4, 0.5) is 18.0 Å². The molecule has 1 aliphatic rings. The fourth-order valence-electron chi connectivity index (χ4n) is 2.81. The van der Waals surface area contributed by atoms with Gasteiger partial charge >= 0.3 is 12.2 Å². The number of nitrogens with one attached hydrogen (secondary N) is 1. The molecule has 1 aliphatic heterocycles. The number of hydrogen-bond acceptors (Lipinski definition) is 3. The van der Waals surface area contributed by atoms with Crippen LogP contribution in [0.1, 0.15) is 36.4 Å². The number of rotatable bonds is 3. The quantitative estimate of drug-likeness (QED) is 0.894. The molecule has 1 aromatic carbocycles. The molecule has 3 N–H and O–H groups in total. The molecule has 1 aromatic rings. The van der Waals surface area contributed by atoms with Crippen LogP contribution in [0.25, 0.3) is 0 Å². The lowest BCUT2D eigenvalue weighted by atomic mass is 9.94. The highest BCUT2D eigenvalue weighted by molar-refractivity contribution is 5.94. The van der Waals surface area contributed by atoms with Crippen molar-refractivity contribution in [2.24, 2.45) is 5.73 Å². The van der Waals surface area contributed by atoms with Crippen LogP contribution in [0.15, 0.2) is 24.3 Å². The zero-order chi connectivity index (χ0) is 17.0. The molecule has 0 saturated carbocycles. The van der Waals surface area contributed by atoms with Gasteiger partial charge in [-0.25, -0.2) is 4.79 Å². The maximum Gasteiger partial charge on any atom is 0.416 e. The van der Waals surface area contributed by atoms with Crippen LogP contribution in [-0.4, -0.2) is 29.9 Å². The van der Waals surface area contributed by atoms with Crippen LogP contribution in [0.2, 0.25) is 0 Å². The van der Waals surface area contributed by atoms with Crippen LogP contribution in [0, 0.1) is 0 Å². The highest BCUT2D eigenvalue weighted by Gasteiger charge is 2.31. The Bertz CT molecular complexity index is 572. The minimum Gasteiger partial charge on any atom is -0.351 e. The van der Waals surface area contributed by atoms with Crippen LogP contribution in [0.3, 0.4) is 0 Å². The molecular weight excluding hydrogens is 311 g/mol. The zero-order valence-corrected chi connectivity index (χ0v) is 12.4. The Hall–Kier alpha value is -2.09. The minimum atomic E-state index is -4.37. The van der Waals surface area contributed by atoms with Crippen molar-refractivity contribution >= 4 is 11.9 Å². The predicted octanol–water partition coefficient (Wildman–Crippen LogP) is 2.43. The van der Waals surface area contributed by atoms with Crippen LogP contribution >= 0.6 is 0 Å². The smallest absolute Gasteiger partial charge is 0.351 e. The molecule has 0 aliphatic carbocycles. The first-order valence-electron chi connectivity index (χ1n) is 7.28. The summed E-state index contributed by atoms with van der Waals surface area (Å²) in [6.07, 6.45) is -1.80. The Kier molecular flexibility index (Phi) is 5.25. The lowest BCUT2D eigenvalue weighted by molar-refractivity contribution is -0.137. The number of likely N-dealkylation sites (tertiary alicyclic amines) is 1. The fraction of sp³-hybridized carbons (Fsp3) is 0.467. The molecule has 8 heteroatoms. The van der Waals surface area contributed by atoms with Gasteiger partial charge in [-0.05, 0) is 37.1 Å². The highest BCUT2D eigenvalue weighted by atomic mass is 19.4. The van der Waals surface area contributed by atoms with E-state index in [-0.39, 0.29) is 12.6 Å². The number of imide groups is 1. The zero-order valence-electron chi connectivity index (χ0n) is 12.4. The molecule has 0 bridgehead atoms. The van der Waals surface area contributed by atoms with Crippen molar-refractivity contribution in [3.63, 3.8) is 0 Å². The fourth-order valence-corrected chi connectivity index (χ4v) is 2.81. The monoisotopic (exact) mass is 329 g/mol. The van der Waals surface area contributed by atoms with Gasteiger partial charge in [0.15, 0.2) is 0 Å². The number of halogens is 3. The van der Waals surface area contributed by atoms with Gasteiger partial charge in [-0.15, -0.1) is 0 Å². The topological polar surface area (TPSA) is 75.4 Å². The van der Waals surface area contributed by atoms with Gasteiger partial charge in [-0.3, -0.25) is 15.0 Å². The third-order valence-corrected chi connectivity index (χ3v) is 3.85. The van der Waals surface area contributed by atoms with Gasteiger partial charge in [0.25, 0.3) is 0 Å². The summed E-state index contributed by atoms with van der Waals surface area (Å²) in [6.45, 7) is 0.618. The SMILES string of the molecule is NC(=O)NC(=O)CN1CCCCC1c1ccc(C(F)(F)F)cc1. The number of carbonyl (C=O) groups excluding carboxylic acids is 2. The summed E-state index contributed by atoms with van der Waals surface area (Å²) in [7, 11) is 0. The second-order valence-electron chi connectivity index (χ2n) is 5.51. The molecular formula is C15H18F3N3O2. The Labute approximate surface area is 131 Å². The summed E-state index contributed by atoms with van der Waals surface area (Å²) in [6, 6.07) is 3.91. The van der Waals surface area contributed by atoms with Crippen LogP contribution in [0.5, 0.6) is 0 Å². The Morgan fingerprint density at radius 1 is 1.22 bits per heavy atom. The van der Waals surface area contributed by atoms with Gasteiger partial charge in [-0.1, -0.05) is 18.6 Å². The summed E-state index contributed by atoms with van der Waals surface area (Å²) in [5, 5.41) is 2.00. The third-order valence-electron chi connectivity index (χ3n) is 3.85. The molecule has 3 amide bonds. The second-order valence-corrected chi connectivity index (χ2v) is 5.51. The van der Waals surface area contributed by atoms with E-state index in [1.807, 2.05) is 10.2 Å². The molecule has 1 saturated heterocycles. The number of alkyl halides is 3. The van der Waals surface area contributed by atoms with E-state index in [4.69, 9.17) is 5.73 Å². The summed E-state index contributed by atoms with van der Waals surface area (Å²) in [5.74, 6) is -0.517. The van der Waals surface area contributed by atoms with Gasteiger partial charge in [-0.2, -0.15) is 13.2 Å². The molecule has 0 spiro atoms. The van der Waals surface area contributed by atoms with Crippen LogP contribution < -0.4 is 11.1 Å². The number of nitrogens with two attached hydrogens (primary N) is 1. The number of urea groups is 1. The van der Waals surface area contributed by atoms with Gasteiger partial charge < -0.3 is 5.73 Å². The minimum absolute atomic E-state index is 0.0192. The Morgan fingerprint density at radius 2 is 1.87 bits per heavy atom. The van der Waals surface area contributed by atoms with Crippen LogP contribution in [-0.2, 0) is 11.0 Å². The average molecular weight is 329 g/mol. The van der Waals surface area contributed by atoms with Gasteiger partial charge in [0, 0.05) is 6.04 Å². The first kappa shape index (κ1) is 17.3. The van der Waals surface area contributed by atoms with Crippen molar-refractivity contribution in [2.45, 2.75) is 31.5 Å². The number of carbonyl (C=O) groups is 2. The molecule has 0 radical (unpaired) electrons. The number of benzene rings is 1. The molecule has 1 atom stereocenters. The van der Waals surface area contributed by atoms with Crippen molar-refractivity contribution in [1.29, 1.82) is 0 Å². The summed E-state index contributed by atoms with van der Waals surface area (Å²) in [4.78, 5) is 24.2. The van der Waals surface area contributed by atoms with Crippen molar-refractivity contribution in [1.82, 2.24) is 10.2 Å². The summed E-state index contributed by atoms with van der Waals surface area (Å²) in [5.41, 5.74) is 4.93. The van der Waals surface area contributed by atoms with E-state index in [0.29, 0.717) is 6.54 Å². The van der Waals surface area contributed by atoms with E-state index in [2.05, 4.69) is 0 Å². The summed E-state index contributed by atoms with van der Waals surface area (Å²) < 4.78 is 37.9. The van der Waals surface area contributed by atoms with Crippen molar-refractivity contribution in [3.8, 4) is 0 Å². The molecule has 0 aromatic heterocycles. The van der Waals surface area contributed by atoms with E-state index >= 15 is 0 Å². The van der Waals surface area contributed by atoms with Crippen molar-refractivity contribution < 1.29 is 22.8 Å². The largest absolute Gasteiger partial charge is 0.416 e. The van der Waals surface area contributed by atoms with Crippen molar-refractivity contribution in [3.05, 3.63) is 35.4 Å². The number of hydrogen-bond donors (Lipinski definition) is 2. The third kappa shape index (κ3) is 4.69. The first-order valence-corrected chi connectivity index (χ1v) is 7.28. The van der Waals surface area contributed by atoms with E-state index in [0.717, 1.165) is 37.0 Å². The maximum absolute atomic E-state index is 12.6. The molecule has 23 heavy (non-hydrogen) atoms. The molecule has 1 unspecified atom stereocenters. The predicted molar refractivity (Wildman–Crippen MR) is 77.3 cm³/mol. The van der Waals surface area contributed by atoms with E-state index < -0.39 is 23.7 Å². The van der Waals surface area contributed by atoms with E-state index in [9.17, 15) is 22.8 Å². The normalized spacial score (nSPS) is 19.3. The number of nitrogens with zero attached hydrogens (tertiary/aromatic N) is 1. The molecule has 1 fully saturated rings. The highest BCUT2D eigenvalue weighted by Crippen LogP contribution is 2.34. The van der Waals surface area contributed by atoms with Gasteiger partial charge in [0.2, 0.25) is 5.91 Å². The number of piperidine rings is 1. The van der Waals surface area contributed by atoms with E-state index in [1.54, 1.807) is 0 Å².